The third-order valence-corrected chi connectivity index (χ3v) is 13.2. The molecule has 0 atom stereocenters. The number of imidazole rings is 1. The fraction of sp³-hybridized carbons (Fsp3) is 0.125. The van der Waals surface area contributed by atoms with E-state index in [4.69, 9.17) is 4.98 Å². The average Bonchev–Trinajstić information content (AvgIpc) is 3.54. The molecule has 0 aliphatic carbocycles. The molecule has 0 amide bonds. The lowest BCUT2D eigenvalue weighted by atomic mass is 9.65. The first-order valence-corrected chi connectivity index (χ1v) is 17.9. The summed E-state index contributed by atoms with van der Waals surface area (Å²) < 4.78 is 2.37. The normalized spacial score (nSPS) is 11.8. The minimum absolute atomic E-state index is 0.842. The van der Waals surface area contributed by atoms with E-state index in [0.29, 0.717) is 0 Å². The molecule has 0 unspecified atom stereocenters. The van der Waals surface area contributed by atoms with Crippen LogP contribution in [0.25, 0.3) is 11.5 Å². The summed E-state index contributed by atoms with van der Waals surface area (Å²) in [5.74, 6) is 0. The quantitative estimate of drug-likeness (QED) is 0.0916. The van der Waals surface area contributed by atoms with Gasteiger partial charge in [0.15, 0.2) is 8.07 Å². The van der Waals surface area contributed by atoms with E-state index in [0.717, 1.165) is 23.8 Å². The number of aromatic nitrogens is 2. The molecular weight excluding hydrogens is 547 g/mol. The van der Waals surface area contributed by atoms with E-state index in [1.165, 1.54) is 45.1 Å². The van der Waals surface area contributed by atoms with Gasteiger partial charge in [-0.25, -0.2) is 0 Å². The van der Waals surface area contributed by atoms with E-state index in [9.17, 15) is 0 Å². The second-order valence-electron chi connectivity index (χ2n) is 11.4. The fourth-order valence-corrected chi connectivity index (χ4v) is 10.7. The van der Waals surface area contributed by atoms with Gasteiger partial charge in [-0.15, -0.1) is 0 Å². The van der Waals surface area contributed by atoms with Crippen LogP contribution in [0.3, 0.4) is 0 Å². The highest BCUT2D eigenvalue weighted by molar-refractivity contribution is 7.10. The maximum Gasteiger partial charge on any atom is 0.241 e. The Bertz CT molecular complexity index is 1720. The molecule has 1 radical (unpaired) electrons. The molecule has 0 spiro atoms. The Morgan fingerprint density at radius 3 is 1.82 bits per heavy atom. The summed E-state index contributed by atoms with van der Waals surface area (Å²) in [6, 6.07) is 53.0. The molecule has 0 N–H and O–H groups in total. The number of unbranched alkanes of at least 4 members (excludes halogenated alkanes) is 1. The van der Waals surface area contributed by atoms with Gasteiger partial charge >= 0.3 is 0 Å². The standard InChI is InChI=1S/C40H38BN2Si/c1-2-3-16-33-25-27-38(28-26-33)44(36-21-12-6-13-22-36,37-23-14-7-15-24-37)32-43-30-29-42-40(43)41-39(35-19-10-5-11-20-35)31-34-17-8-4-9-18-34/h4-15,17-31H,2-3,16,32H2,1H3. The fourth-order valence-electron chi connectivity index (χ4n) is 6.11. The third-order valence-electron chi connectivity index (χ3n) is 8.47. The average molecular weight is 586 g/mol. The molecule has 2 nitrogen and oxygen atoms in total. The molecule has 0 bridgehead atoms. The van der Waals surface area contributed by atoms with Crippen molar-refractivity contribution >= 4 is 48.2 Å². The van der Waals surface area contributed by atoms with E-state index in [1.54, 1.807) is 0 Å². The van der Waals surface area contributed by atoms with Crippen LogP contribution in [0, 0.1) is 0 Å². The van der Waals surface area contributed by atoms with Gasteiger partial charge in [-0.2, -0.15) is 0 Å². The number of hydrogen-bond donors (Lipinski definition) is 0. The molecule has 0 aliphatic heterocycles. The second kappa shape index (κ2) is 14.2. The summed E-state index contributed by atoms with van der Waals surface area (Å²) in [5, 5.41) is 4.21. The molecule has 6 aromatic rings. The second-order valence-corrected chi connectivity index (χ2v) is 15.2. The molecule has 6 rings (SSSR count). The summed E-state index contributed by atoms with van der Waals surface area (Å²) >= 11 is 0. The summed E-state index contributed by atoms with van der Waals surface area (Å²) in [7, 11) is -0.294. The van der Waals surface area contributed by atoms with E-state index in [2.05, 4.69) is 177 Å². The van der Waals surface area contributed by atoms with Crippen molar-refractivity contribution < 1.29 is 0 Å². The number of hydrogen-bond acceptors (Lipinski definition) is 1. The van der Waals surface area contributed by atoms with Gasteiger partial charge in [-0.3, -0.25) is 4.98 Å². The number of aryl methyl sites for hydroxylation is 1. The van der Waals surface area contributed by atoms with Gasteiger partial charge in [0.25, 0.3) is 0 Å². The molecule has 0 saturated heterocycles. The van der Waals surface area contributed by atoms with Gasteiger partial charge in [0.1, 0.15) is 0 Å². The molecular formula is C40H38BN2Si. The largest absolute Gasteiger partial charge is 0.345 e. The van der Waals surface area contributed by atoms with Gasteiger partial charge < -0.3 is 4.57 Å². The Hall–Kier alpha value is -4.67. The SMILES string of the molecule is CCCCc1ccc([Si](Cn2ccnc2[B]C(=Cc2ccccc2)c2ccccc2)(c2ccccc2)c2ccccc2)cc1. The monoisotopic (exact) mass is 585 g/mol. The Kier molecular flexibility index (Phi) is 9.49. The topological polar surface area (TPSA) is 17.8 Å². The van der Waals surface area contributed by atoms with Crippen molar-refractivity contribution in [2.24, 2.45) is 0 Å². The predicted molar refractivity (Wildman–Crippen MR) is 191 cm³/mol. The van der Waals surface area contributed by atoms with Gasteiger partial charge in [0.05, 0.1) is 5.72 Å². The highest BCUT2D eigenvalue weighted by Crippen LogP contribution is 2.18. The van der Waals surface area contributed by atoms with Crippen LogP contribution in [0.4, 0.5) is 0 Å². The van der Waals surface area contributed by atoms with Crippen molar-refractivity contribution in [3.05, 3.63) is 175 Å². The van der Waals surface area contributed by atoms with Crippen molar-refractivity contribution in [1.29, 1.82) is 0 Å². The molecule has 0 aliphatic rings. The van der Waals surface area contributed by atoms with Crippen LogP contribution in [0.15, 0.2) is 158 Å². The zero-order valence-electron chi connectivity index (χ0n) is 25.4. The lowest BCUT2D eigenvalue weighted by molar-refractivity contribution is 0.795. The molecule has 0 fully saturated rings. The lowest BCUT2D eigenvalue weighted by Crippen LogP contribution is -2.70. The van der Waals surface area contributed by atoms with Crippen LogP contribution in [0.5, 0.6) is 0 Å². The smallest absolute Gasteiger partial charge is 0.241 e. The van der Waals surface area contributed by atoms with E-state index >= 15 is 0 Å². The van der Waals surface area contributed by atoms with E-state index in [-0.39, 0.29) is 0 Å². The van der Waals surface area contributed by atoms with Crippen LogP contribution in [-0.4, -0.2) is 24.9 Å². The Morgan fingerprint density at radius 1 is 0.682 bits per heavy atom. The van der Waals surface area contributed by atoms with Crippen molar-refractivity contribution in [3.8, 4) is 0 Å². The first-order chi connectivity index (χ1) is 21.8. The number of benzene rings is 5. The summed E-state index contributed by atoms with van der Waals surface area (Å²) in [4.78, 5) is 4.92. The van der Waals surface area contributed by atoms with Gasteiger partial charge in [0, 0.05) is 18.6 Å². The Morgan fingerprint density at radius 2 is 1.23 bits per heavy atom. The molecule has 4 heteroatoms. The number of rotatable bonds is 12. The first kappa shape index (κ1) is 29.4. The van der Waals surface area contributed by atoms with Gasteiger partial charge in [-0.1, -0.05) is 170 Å². The third kappa shape index (κ3) is 6.61. The van der Waals surface area contributed by atoms with Crippen LogP contribution in [0.1, 0.15) is 36.5 Å². The molecule has 5 aromatic carbocycles. The van der Waals surface area contributed by atoms with E-state index < -0.39 is 8.07 Å². The van der Waals surface area contributed by atoms with Crippen LogP contribution in [0.2, 0.25) is 0 Å². The maximum absolute atomic E-state index is 4.92. The molecule has 44 heavy (non-hydrogen) atoms. The van der Waals surface area contributed by atoms with Gasteiger partial charge in [-0.05, 0) is 45.1 Å². The molecule has 1 heterocycles. The summed E-state index contributed by atoms with van der Waals surface area (Å²) in [5.41, 5.74) is 5.84. The maximum atomic E-state index is 4.92. The van der Waals surface area contributed by atoms with Gasteiger partial charge in [0.2, 0.25) is 7.28 Å². The summed E-state index contributed by atoms with van der Waals surface area (Å²) in [6.45, 7) is 2.26. The predicted octanol–water partition coefficient (Wildman–Crippen LogP) is 6.46. The Labute approximate surface area is 264 Å². The highest BCUT2D eigenvalue weighted by atomic mass is 28.3. The lowest BCUT2D eigenvalue weighted by Gasteiger charge is -2.35. The van der Waals surface area contributed by atoms with Crippen molar-refractivity contribution in [3.63, 3.8) is 0 Å². The zero-order valence-corrected chi connectivity index (χ0v) is 26.4. The van der Waals surface area contributed by atoms with E-state index in [1.807, 2.05) is 6.20 Å². The molecule has 0 saturated carbocycles. The number of nitrogens with zero attached hydrogens (tertiary/aromatic N) is 2. The van der Waals surface area contributed by atoms with Crippen molar-refractivity contribution in [2.45, 2.75) is 32.4 Å². The van der Waals surface area contributed by atoms with Crippen LogP contribution in [-0.2, 0) is 12.6 Å². The van der Waals surface area contributed by atoms with Crippen molar-refractivity contribution in [2.75, 3.05) is 0 Å². The highest BCUT2D eigenvalue weighted by Gasteiger charge is 2.40. The molecule has 1 aromatic heterocycles. The minimum atomic E-state index is -2.53. The minimum Gasteiger partial charge on any atom is -0.345 e. The summed E-state index contributed by atoms with van der Waals surface area (Å²) in [6.07, 6.45) is 10.7. The zero-order chi connectivity index (χ0) is 30.0. The van der Waals surface area contributed by atoms with Crippen molar-refractivity contribution in [1.82, 2.24) is 9.55 Å². The Balaban J connectivity index is 1.46. The van der Waals surface area contributed by atoms with Crippen LogP contribution >= 0.6 is 0 Å². The molecule has 215 valence electrons. The first-order valence-electron chi connectivity index (χ1n) is 15.6. The van der Waals surface area contributed by atoms with Crippen LogP contribution < -0.4 is 21.3 Å².